The Morgan fingerprint density at radius 3 is 2.93 bits per heavy atom. The van der Waals surface area contributed by atoms with Crippen LogP contribution in [0.1, 0.15) is 32.6 Å². The Kier molecular flexibility index (Phi) is 4.69. The fraction of sp³-hybridized carbons (Fsp3) is 0.900. The van der Waals surface area contributed by atoms with Crippen LogP contribution >= 0.6 is 11.6 Å². The Bertz CT molecular complexity index is 197. The molecule has 1 saturated heterocycles. The van der Waals surface area contributed by atoms with E-state index in [2.05, 4.69) is 0 Å². The van der Waals surface area contributed by atoms with Crippen LogP contribution in [0.4, 0.5) is 0 Å². The van der Waals surface area contributed by atoms with E-state index in [0.717, 1.165) is 25.8 Å². The second kappa shape index (κ2) is 5.56. The summed E-state index contributed by atoms with van der Waals surface area (Å²) in [5, 5.41) is 9.54. The number of halogens is 1. The number of alkyl halides is 1. The van der Waals surface area contributed by atoms with Crippen molar-refractivity contribution in [2.75, 3.05) is 12.4 Å². The molecule has 1 aliphatic rings. The Hall–Kier alpha value is -0.280. The summed E-state index contributed by atoms with van der Waals surface area (Å²) in [5.41, 5.74) is 0. The average Bonchev–Trinajstić information content (AvgIpc) is 2.18. The largest absolute Gasteiger partial charge is 0.391 e. The number of piperidine rings is 1. The number of carbonyl (C=O) groups is 1. The highest BCUT2D eigenvalue weighted by molar-refractivity contribution is 6.18. The van der Waals surface area contributed by atoms with E-state index in [0.29, 0.717) is 12.3 Å². The van der Waals surface area contributed by atoms with Gasteiger partial charge in [0, 0.05) is 18.8 Å². The minimum atomic E-state index is -0.436. The van der Waals surface area contributed by atoms with E-state index >= 15 is 0 Å². The molecule has 4 heteroatoms. The van der Waals surface area contributed by atoms with Gasteiger partial charge in [-0.15, -0.1) is 11.6 Å². The molecule has 0 aromatic carbocycles. The van der Waals surface area contributed by atoms with Gasteiger partial charge in [0.15, 0.2) is 0 Å². The van der Waals surface area contributed by atoms with E-state index in [9.17, 15) is 9.90 Å². The molecule has 3 nitrogen and oxygen atoms in total. The summed E-state index contributed by atoms with van der Waals surface area (Å²) in [6.45, 7) is 2.52. The van der Waals surface area contributed by atoms with Crippen LogP contribution in [0.15, 0.2) is 0 Å². The van der Waals surface area contributed by atoms with Crippen molar-refractivity contribution in [2.45, 2.75) is 44.8 Å². The maximum absolute atomic E-state index is 11.6. The molecule has 2 atom stereocenters. The van der Waals surface area contributed by atoms with E-state index in [1.54, 1.807) is 11.8 Å². The van der Waals surface area contributed by atoms with E-state index in [1.807, 2.05) is 0 Å². The maximum Gasteiger partial charge on any atom is 0.224 e. The second-order valence-electron chi connectivity index (χ2n) is 3.83. The summed E-state index contributed by atoms with van der Waals surface area (Å²) in [7, 11) is 0. The molecular formula is C10H18ClNO2. The van der Waals surface area contributed by atoms with Gasteiger partial charge >= 0.3 is 0 Å². The topological polar surface area (TPSA) is 40.5 Å². The lowest BCUT2D eigenvalue weighted by Gasteiger charge is -2.37. The van der Waals surface area contributed by atoms with E-state index in [4.69, 9.17) is 11.6 Å². The molecule has 0 radical (unpaired) electrons. The third-order valence-corrected chi connectivity index (χ3v) is 2.92. The first kappa shape index (κ1) is 11.8. The first-order valence-electron chi connectivity index (χ1n) is 5.20. The zero-order valence-electron chi connectivity index (χ0n) is 8.58. The second-order valence-corrected chi connectivity index (χ2v) is 4.21. The minimum absolute atomic E-state index is 0.000494. The lowest BCUT2D eigenvalue weighted by atomic mass is 9.98. The van der Waals surface area contributed by atoms with Gasteiger partial charge in [-0.1, -0.05) is 0 Å². The highest BCUT2D eigenvalue weighted by atomic mass is 35.5. The quantitative estimate of drug-likeness (QED) is 0.729. The SMILES string of the molecule is C[C@H](O)[C@H]1CCCCN1C(=O)CCCl. The number of hydrogen-bond acceptors (Lipinski definition) is 2. The number of hydrogen-bond donors (Lipinski definition) is 1. The van der Waals surface area contributed by atoms with Gasteiger partial charge in [-0.3, -0.25) is 4.79 Å². The van der Waals surface area contributed by atoms with Crippen LogP contribution in [-0.2, 0) is 4.79 Å². The van der Waals surface area contributed by atoms with Crippen molar-refractivity contribution in [1.29, 1.82) is 0 Å². The summed E-state index contributed by atoms with van der Waals surface area (Å²) < 4.78 is 0. The fourth-order valence-electron chi connectivity index (χ4n) is 1.99. The van der Waals surface area contributed by atoms with Crippen LogP contribution < -0.4 is 0 Å². The van der Waals surface area contributed by atoms with Crippen LogP contribution in [0, 0.1) is 0 Å². The van der Waals surface area contributed by atoms with Gasteiger partial charge in [0.1, 0.15) is 0 Å². The number of aliphatic hydroxyl groups excluding tert-OH is 1. The number of amides is 1. The molecule has 1 aliphatic heterocycles. The maximum atomic E-state index is 11.6. The Balaban J connectivity index is 2.57. The van der Waals surface area contributed by atoms with E-state index in [-0.39, 0.29) is 11.9 Å². The summed E-state index contributed by atoms with van der Waals surface area (Å²) in [6.07, 6.45) is 2.99. The van der Waals surface area contributed by atoms with Crippen LogP contribution in [0.3, 0.4) is 0 Å². The molecule has 0 saturated carbocycles. The summed E-state index contributed by atoms with van der Waals surface area (Å²) in [4.78, 5) is 13.4. The third-order valence-electron chi connectivity index (χ3n) is 2.73. The summed E-state index contributed by atoms with van der Waals surface area (Å²) in [5.74, 6) is 0.438. The van der Waals surface area contributed by atoms with Crippen LogP contribution in [0.2, 0.25) is 0 Å². The highest BCUT2D eigenvalue weighted by Gasteiger charge is 2.29. The molecule has 14 heavy (non-hydrogen) atoms. The van der Waals surface area contributed by atoms with Gasteiger partial charge in [0.2, 0.25) is 5.91 Å². The molecule has 0 aliphatic carbocycles. The number of nitrogens with zero attached hydrogens (tertiary/aromatic N) is 1. The van der Waals surface area contributed by atoms with Gasteiger partial charge in [-0.25, -0.2) is 0 Å². The Labute approximate surface area is 90.0 Å². The molecule has 1 N–H and O–H groups in total. The van der Waals surface area contributed by atoms with Gasteiger partial charge in [-0.05, 0) is 26.2 Å². The summed E-state index contributed by atoms with van der Waals surface area (Å²) in [6, 6.07) is -0.000494. The molecule has 0 spiro atoms. The minimum Gasteiger partial charge on any atom is -0.391 e. The lowest BCUT2D eigenvalue weighted by Crippen LogP contribution is -2.48. The molecule has 1 heterocycles. The zero-order chi connectivity index (χ0) is 10.6. The molecule has 1 rings (SSSR count). The van der Waals surface area contributed by atoms with Crippen molar-refractivity contribution in [3.05, 3.63) is 0 Å². The van der Waals surface area contributed by atoms with Crippen molar-refractivity contribution in [3.8, 4) is 0 Å². The molecule has 82 valence electrons. The van der Waals surface area contributed by atoms with Crippen molar-refractivity contribution in [3.63, 3.8) is 0 Å². The lowest BCUT2D eigenvalue weighted by molar-refractivity contribution is -0.137. The van der Waals surface area contributed by atoms with Crippen LogP contribution in [0.25, 0.3) is 0 Å². The fourth-order valence-corrected chi connectivity index (χ4v) is 2.15. The smallest absolute Gasteiger partial charge is 0.224 e. The highest BCUT2D eigenvalue weighted by Crippen LogP contribution is 2.20. The summed E-state index contributed by atoms with van der Waals surface area (Å²) >= 11 is 5.53. The molecule has 0 bridgehead atoms. The number of carbonyl (C=O) groups excluding carboxylic acids is 1. The molecule has 1 amide bonds. The molecular weight excluding hydrogens is 202 g/mol. The van der Waals surface area contributed by atoms with Crippen molar-refractivity contribution in [2.24, 2.45) is 0 Å². The molecule has 0 unspecified atom stereocenters. The third kappa shape index (κ3) is 2.85. The van der Waals surface area contributed by atoms with Gasteiger partial charge in [-0.2, -0.15) is 0 Å². The Morgan fingerprint density at radius 1 is 1.64 bits per heavy atom. The van der Waals surface area contributed by atoms with Crippen molar-refractivity contribution < 1.29 is 9.90 Å². The van der Waals surface area contributed by atoms with Crippen molar-refractivity contribution >= 4 is 17.5 Å². The van der Waals surface area contributed by atoms with Crippen LogP contribution in [0.5, 0.6) is 0 Å². The molecule has 1 fully saturated rings. The zero-order valence-corrected chi connectivity index (χ0v) is 9.33. The predicted molar refractivity (Wildman–Crippen MR) is 56.4 cm³/mol. The standard InChI is InChI=1S/C10H18ClNO2/c1-8(13)9-4-2-3-7-12(9)10(14)5-6-11/h8-9,13H,2-7H2,1H3/t8-,9+/m0/s1. The normalized spacial score (nSPS) is 24.8. The molecule has 0 aromatic rings. The predicted octanol–water partition coefficient (Wildman–Crippen LogP) is 1.38. The number of likely N-dealkylation sites (tertiary alicyclic amines) is 1. The Morgan fingerprint density at radius 2 is 2.36 bits per heavy atom. The monoisotopic (exact) mass is 219 g/mol. The van der Waals surface area contributed by atoms with E-state index < -0.39 is 6.10 Å². The van der Waals surface area contributed by atoms with Crippen molar-refractivity contribution in [1.82, 2.24) is 4.90 Å². The van der Waals surface area contributed by atoms with Gasteiger partial charge in [0.05, 0.1) is 12.1 Å². The number of aliphatic hydroxyl groups is 1. The van der Waals surface area contributed by atoms with Crippen LogP contribution in [-0.4, -0.2) is 40.5 Å². The first-order valence-corrected chi connectivity index (χ1v) is 5.73. The van der Waals surface area contributed by atoms with E-state index in [1.165, 1.54) is 0 Å². The molecule has 0 aromatic heterocycles. The average molecular weight is 220 g/mol. The van der Waals surface area contributed by atoms with Gasteiger partial charge < -0.3 is 10.0 Å². The number of rotatable bonds is 3. The first-order chi connectivity index (χ1) is 6.66. The van der Waals surface area contributed by atoms with Gasteiger partial charge in [0.25, 0.3) is 0 Å².